The van der Waals surface area contributed by atoms with Crippen molar-refractivity contribution in [2.45, 2.75) is 25.1 Å². The number of carbonyl (C=O) groups excluding carboxylic acids is 1. The minimum absolute atomic E-state index is 0.255. The van der Waals surface area contributed by atoms with E-state index in [9.17, 15) is 18.0 Å². The number of likely N-dealkylation sites (tertiary alicyclic amines) is 1. The predicted octanol–water partition coefficient (Wildman–Crippen LogP) is 2.92. The molecular formula is C12H13F3N2O2. The van der Waals surface area contributed by atoms with E-state index < -0.39 is 18.9 Å². The Bertz CT molecular complexity index is 436. The molecule has 1 aliphatic rings. The van der Waals surface area contributed by atoms with Crippen molar-refractivity contribution in [3.63, 3.8) is 0 Å². The van der Waals surface area contributed by atoms with Crippen molar-refractivity contribution in [3.8, 4) is 0 Å². The van der Waals surface area contributed by atoms with Crippen LogP contribution >= 0.6 is 0 Å². The van der Waals surface area contributed by atoms with Gasteiger partial charge in [-0.05, 0) is 24.5 Å². The van der Waals surface area contributed by atoms with Gasteiger partial charge in [0.15, 0.2) is 6.61 Å². The average Bonchev–Trinajstić information content (AvgIpc) is 2.85. The smallest absolute Gasteiger partial charge is 0.422 e. The number of rotatable bonds is 2. The molecule has 1 atom stereocenters. The summed E-state index contributed by atoms with van der Waals surface area (Å²) in [5, 5.41) is 0. The van der Waals surface area contributed by atoms with Crippen molar-refractivity contribution in [1.29, 1.82) is 0 Å². The molecule has 1 aliphatic heterocycles. The Morgan fingerprint density at radius 1 is 1.53 bits per heavy atom. The molecule has 0 spiro atoms. The van der Waals surface area contributed by atoms with Gasteiger partial charge in [-0.2, -0.15) is 13.2 Å². The maximum Gasteiger partial charge on any atom is 0.422 e. The summed E-state index contributed by atoms with van der Waals surface area (Å²) >= 11 is 0. The molecule has 0 aliphatic carbocycles. The number of hydrogen-bond donors (Lipinski definition) is 0. The van der Waals surface area contributed by atoms with Crippen LogP contribution in [0.15, 0.2) is 24.5 Å². The number of aromatic nitrogens is 1. The SMILES string of the molecule is O=C(OCC(F)(F)F)N1CCCC1c1cccnc1. The zero-order valence-corrected chi connectivity index (χ0v) is 10.1. The van der Waals surface area contributed by atoms with Gasteiger partial charge in [0, 0.05) is 18.9 Å². The molecule has 1 aromatic heterocycles. The molecule has 1 saturated heterocycles. The monoisotopic (exact) mass is 274 g/mol. The Labute approximate surface area is 108 Å². The summed E-state index contributed by atoms with van der Waals surface area (Å²) in [6, 6.07) is 3.27. The molecule has 1 fully saturated rings. The third-order valence-electron chi connectivity index (χ3n) is 2.92. The summed E-state index contributed by atoms with van der Waals surface area (Å²) in [4.78, 5) is 16.9. The van der Waals surface area contributed by atoms with Crippen molar-refractivity contribution in [1.82, 2.24) is 9.88 Å². The summed E-state index contributed by atoms with van der Waals surface area (Å²) in [6.07, 6.45) is -0.777. The molecule has 0 radical (unpaired) electrons. The first-order valence-corrected chi connectivity index (χ1v) is 5.87. The predicted molar refractivity (Wildman–Crippen MR) is 60.3 cm³/mol. The van der Waals surface area contributed by atoms with Crippen LogP contribution in [0.25, 0.3) is 0 Å². The van der Waals surface area contributed by atoms with E-state index in [4.69, 9.17) is 0 Å². The molecule has 2 rings (SSSR count). The van der Waals surface area contributed by atoms with Crippen molar-refractivity contribution in [2.24, 2.45) is 0 Å². The fourth-order valence-electron chi connectivity index (χ4n) is 2.13. The van der Waals surface area contributed by atoms with Crippen LogP contribution in [0.1, 0.15) is 24.4 Å². The third-order valence-corrected chi connectivity index (χ3v) is 2.92. The zero-order valence-electron chi connectivity index (χ0n) is 10.1. The van der Waals surface area contributed by atoms with Crippen LogP contribution in [0.2, 0.25) is 0 Å². The molecule has 0 bridgehead atoms. The quantitative estimate of drug-likeness (QED) is 0.832. The Morgan fingerprint density at radius 3 is 2.95 bits per heavy atom. The molecule has 0 saturated carbocycles. The van der Waals surface area contributed by atoms with Gasteiger partial charge in [-0.15, -0.1) is 0 Å². The van der Waals surface area contributed by atoms with Crippen LogP contribution in [-0.4, -0.2) is 35.3 Å². The van der Waals surface area contributed by atoms with Gasteiger partial charge >= 0.3 is 12.3 Å². The highest BCUT2D eigenvalue weighted by molar-refractivity contribution is 5.68. The highest BCUT2D eigenvalue weighted by Gasteiger charge is 2.35. The number of halogens is 3. The second-order valence-electron chi connectivity index (χ2n) is 4.31. The van der Waals surface area contributed by atoms with Crippen LogP contribution in [-0.2, 0) is 4.74 Å². The second-order valence-corrected chi connectivity index (χ2v) is 4.31. The van der Waals surface area contributed by atoms with Crippen LogP contribution < -0.4 is 0 Å². The van der Waals surface area contributed by atoms with Crippen molar-refractivity contribution >= 4 is 6.09 Å². The highest BCUT2D eigenvalue weighted by Crippen LogP contribution is 2.32. The van der Waals surface area contributed by atoms with Crippen LogP contribution in [0.4, 0.5) is 18.0 Å². The number of carbonyl (C=O) groups is 1. The number of nitrogens with zero attached hydrogens (tertiary/aromatic N) is 2. The molecule has 7 heteroatoms. The highest BCUT2D eigenvalue weighted by atomic mass is 19.4. The molecule has 2 heterocycles. The zero-order chi connectivity index (χ0) is 13.9. The Morgan fingerprint density at radius 2 is 2.32 bits per heavy atom. The van der Waals surface area contributed by atoms with Gasteiger partial charge in [0.2, 0.25) is 0 Å². The Kier molecular flexibility index (Phi) is 3.92. The molecule has 4 nitrogen and oxygen atoms in total. The lowest BCUT2D eigenvalue weighted by molar-refractivity contribution is -0.162. The van der Waals surface area contributed by atoms with E-state index in [0.717, 1.165) is 12.0 Å². The Hall–Kier alpha value is -1.79. The molecule has 104 valence electrons. The minimum Gasteiger partial charge on any atom is -0.440 e. The summed E-state index contributed by atoms with van der Waals surface area (Å²) in [6.45, 7) is -1.15. The molecule has 0 aromatic carbocycles. The number of ether oxygens (including phenoxy) is 1. The molecule has 19 heavy (non-hydrogen) atoms. The second kappa shape index (κ2) is 5.46. The van der Waals surface area contributed by atoms with Crippen molar-refractivity contribution in [2.75, 3.05) is 13.2 Å². The summed E-state index contributed by atoms with van der Waals surface area (Å²) in [7, 11) is 0. The van der Waals surface area contributed by atoms with E-state index in [-0.39, 0.29) is 6.04 Å². The van der Waals surface area contributed by atoms with Gasteiger partial charge in [-0.25, -0.2) is 4.79 Å². The van der Waals surface area contributed by atoms with E-state index in [1.165, 1.54) is 4.90 Å². The van der Waals surface area contributed by atoms with E-state index in [2.05, 4.69) is 9.72 Å². The molecule has 1 aromatic rings. The summed E-state index contributed by atoms with van der Waals surface area (Å²) < 4.78 is 40.3. The molecule has 0 N–H and O–H groups in total. The number of pyridine rings is 1. The van der Waals surface area contributed by atoms with Gasteiger partial charge in [0.25, 0.3) is 0 Å². The average molecular weight is 274 g/mol. The lowest BCUT2D eigenvalue weighted by Gasteiger charge is -2.24. The summed E-state index contributed by atoms with van der Waals surface area (Å²) in [5.41, 5.74) is 0.809. The molecule has 1 unspecified atom stereocenters. The lowest BCUT2D eigenvalue weighted by atomic mass is 10.1. The van der Waals surface area contributed by atoms with Crippen LogP contribution in [0, 0.1) is 0 Å². The Balaban J connectivity index is 2.01. The maximum atomic E-state index is 12.0. The first kappa shape index (κ1) is 13.6. The summed E-state index contributed by atoms with van der Waals surface area (Å²) in [5.74, 6) is 0. The molecule has 1 amide bonds. The van der Waals surface area contributed by atoms with E-state index >= 15 is 0 Å². The van der Waals surface area contributed by atoms with E-state index in [1.54, 1.807) is 24.5 Å². The van der Waals surface area contributed by atoms with Crippen LogP contribution in [0.3, 0.4) is 0 Å². The number of hydrogen-bond acceptors (Lipinski definition) is 3. The van der Waals surface area contributed by atoms with E-state index in [0.29, 0.717) is 13.0 Å². The van der Waals surface area contributed by atoms with Gasteiger partial charge < -0.3 is 9.64 Å². The van der Waals surface area contributed by atoms with Crippen molar-refractivity contribution in [3.05, 3.63) is 30.1 Å². The fourth-order valence-corrected chi connectivity index (χ4v) is 2.13. The lowest BCUT2D eigenvalue weighted by Crippen LogP contribution is -2.33. The third kappa shape index (κ3) is 3.59. The molecular weight excluding hydrogens is 261 g/mol. The van der Waals surface area contributed by atoms with E-state index in [1.807, 2.05) is 0 Å². The largest absolute Gasteiger partial charge is 0.440 e. The topological polar surface area (TPSA) is 42.4 Å². The maximum absolute atomic E-state index is 12.0. The standard InChI is InChI=1S/C12H13F3N2O2/c13-12(14,15)8-19-11(18)17-6-2-4-10(17)9-3-1-5-16-7-9/h1,3,5,7,10H,2,4,6,8H2. The number of amides is 1. The van der Waals surface area contributed by atoms with Crippen molar-refractivity contribution < 1.29 is 22.7 Å². The number of alkyl halides is 3. The minimum atomic E-state index is -4.50. The van der Waals surface area contributed by atoms with Gasteiger partial charge in [-0.1, -0.05) is 6.07 Å². The van der Waals surface area contributed by atoms with Gasteiger partial charge in [0.1, 0.15) is 0 Å². The normalized spacial score (nSPS) is 19.5. The van der Waals surface area contributed by atoms with Crippen LogP contribution in [0.5, 0.6) is 0 Å². The first-order chi connectivity index (χ1) is 8.97. The fraction of sp³-hybridized carbons (Fsp3) is 0.500. The van der Waals surface area contributed by atoms with Gasteiger partial charge in [-0.3, -0.25) is 4.98 Å². The van der Waals surface area contributed by atoms with Gasteiger partial charge in [0.05, 0.1) is 6.04 Å². The first-order valence-electron chi connectivity index (χ1n) is 5.87.